The van der Waals surface area contributed by atoms with Crippen molar-refractivity contribution in [2.45, 2.75) is 13.5 Å². The molecule has 2 aromatic rings. The van der Waals surface area contributed by atoms with Gasteiger partial charge in [0, 0.05) is 13.1 Å². The predicted molar refractivity (Wildman–Crippen MR) is 77.1 cm³/mol. The third-order valence-electron chi connectivity index (χ3n) is 3.10. The summed E-state index contributed by atoms with van der Waals surface area (Å²) in [5.41, 5.74) is -0.424. The Morgan fingerprint density at radius 3 is 2.75 bits per heavy atom. The SMILES string of the molecule is Cc1ncc([N+](=O)[O-])n1CCNC(=O)c1cccnc1C(=O)O.[Na+]. The minimum atomic E-state index is -1.31. The van der Waals surface area contributed by atoms with Crippen molar-refractivity contribution in [2.24, 2.45) is 0 Å². The normalized spacial score (nSPS) is 9.88. The topological polar surface area (TPSA) is 140 Å². The second kappa shape index (κ2) is 8.52. The molecule has 0 saturated carbocycles. The molecular formula is C13H13N5NaO5+. The number of aryl methyl sites for hydroxylation is 1. The van der Waals surface area contributed by atoms with Crippen molar-refractivity contribution in [1.29, 1.82) is 0 Å². The van der Waals surface area contributed by atoms with Gasteiger partial charge in [0.05, 0.1) is 12.1 Å². The predicted octanol–water partition coefficient (Wildman–Crippen LogP) is -2.37. The number of carbonyl (C=O) groups excluding carboxylic acids is 1. The summed E-state index contributed by atoms with van der Waals surface area (Å²) >= 11 is 0. The Hall–Kier alpha value is -2.30. The minimum absolute atomic E-state index is 0. The standard InChI is InChI=1S/C13H13N5O5.Na/c1-8-16-7-10(18(22)23)17(8)6-5-15-12(19)9-3-2-4-14-11(9)13(20)21;/h2-4,7H,5-6H2,1H3,(H,15,19)(H,20,21);/q;+1. The molecule has 0 aliphatic carbocycles. The first-order chi connectivity index (χ1) is 10.9. The molecule has 0 radical (unpaired) electrons. The Bertz CT molecular complexity index is 776. The number of amides is 1. The van der Waals surface area contributed by atoms with Crippen molar-refractivity contribution in [3.8, 4) is 0 Å². The summed E-state index contributed by atoms with van der Waals surface area (Å²) in [7, 11) is 0. The van der Waals surface area contributed by atoms with Crippen molar-refractivity contribution in [1.82, 2.24) is 19.9 Å². The maximum atomic E-state index is 12.0. The Morgan fingerprint density at radius 2 is 2.12 bits per heavy atom. The molecule has 2 rings (SSSR count). The van der Waals surface area contributed by atoms with Crippen molar-refractivity contribution < 1.29 is 49.2 Å². The van der Waals surface area contributed by atoms with Gasteiger partial charge in [-0.15, -0.1) is 0 Å². The molecule has 0 aromatic carbocycles. The quantitative estimate of drug-likeness (QED) is 0.339. The number of pyridine rings is 1. The second-order valence-electron chi connectivity index (χ2n) is 4.53. The van der Waals surface area contributed by atoms with Crippen LogP contribution in [0, 0.1) is 17.0 Å². The number of hydrogen-bond donors (Lipinski definition) is 2. The fourth-order valence-corrected chi connectivity index (χ4v) is 2.01. The molecule has 2 aromatic heterocycles. The first kappa shape index (κ1) is 19.7. The van der Waals surface area contributed by atoms with E-state index in [0.29, 0.717) is 5.82 Å². The molecule has 11 heteroatoms. The van der Waals surface area contributed by atoms with Crippen molar-refractivity contribution in [3.63, 3.8) is 0 Å². The van der Waals surface area contributed by atoms with Crippen LogP contribution in [0.3, 0.4) is 0 Å². The van der Waals surface area contributed by atoms with Crippen LogP contribution in [0.5, 0.6) is 0 Å². The molecule has 0 bridgehead atoms. The van der Waals surface area contributed by atoms with Gasteiger partial charge in [-0.2, -0.15) is 0 Å². The van der Waals surface area contributed by atoms with Crippen LogP contribution in [0.15, 0.2) is 24.5 Å². The Labute approximate surface area is 158 Å². The summed E-state index contributed by atoms with van der Waals surface area (Å²) in [6.07, 6.45) is 2.42. The van der Waals surface area contributed by atoms with E-state index >= 15 is 0 Å². The van der Waals surface area contributed by atoms with Gasteiger partial charge in [-0.3, -0.25) is 4.79 Å². The van der Waals surface area contributed by atoms with E-state index in [1.165, 1.54) is 22.9 Å². The van der Waals surface area contributed by atoms with Gasteiger partial charge in [0.2, 0.25) is 0 Å². The summed E-state index contributed by atoms with van der Waals surface area (Å²) in [4.78, 5) is 40.8. The molecule has 1 amide bonds. The fraction of sp³-hybridized carbons (Fsp3) is 0.231. The van der Waals surface area contributed by atoms with Crippen LogP contribution in [-0.2, 0) is 6.54 Å². The molecule has 0 saturated heterocycles. The zero-order chi connectivity index (χ0) is 17.0. The van der Waals surface area contributed by atoms with Gasteiger partial charge >= 0.3 is 41.3 Å². The van der Waals surface area contributed by atoms with Crippen molar-refractivity contribution in [3.05, 3.63) is 51.7 Å². The van der Waals surface area contributed by atoms with Gasteiger partial charge in [-0.05, 0) is 17.1 Å². The number of rotatable bonds is 6. The molecule has 2 N–H and O–H groups in total. The van der Waals surface area contributed by atoms with Gasteiger partial charge in [0.1, 0.15) is 12.7 Å². The average Bonchev–Trinajstić information content (AvgIpc) is 2.88. The average molecular weight is 342 g/mol. The van der Waals surface area contributed by atoms with Gasteiger partial charge in [0.25, 0.3) is 5.91 Å². The minimum Gasteiger partial charge on any atom is -0.476 e. The van der Waals surface area contributed by atoms with E-state index in [-0.39, 0.29) is 59.7 Å². The number of aromatic nitrogens is 3. The number of carbonyl (C=O) groups is 2. The molecule has 0 spiro atoms. The molecular weight excluding hydrogens is 329 g/mol. The summed E-state index contributed by atoms with van der Waals surface area (Å²) in [5.74, 6) is -1.66. The van der Waals surface area contributed by atoms with E-state index in [0.717, 1.165) is 6.20 Å². The summed E-state index contributed by atoms with van der Waals surface area (Å²) < 4.78 is 1.35. The summed E-state index contributed by atoms with van der Waals surface area (Å²) in [5, 5.41) is 22.4. The van der Waals surface area contributed by atoms with Crippen LogP contribution in [0.2, 0.25) is 0 Å². The molecule has 24 heavy (non-hydrogen) atoms. The first-order valence-corrected chi connectivity index (χ1v) is 6.55. The largest absolute Gasteiger partial charge is 1.00 e. The Morgan fingerprint density at radius 1 is 1.42 bits per heavy atom. The maximum absolute atomic E-state index is 12.0. The second-order valence-corrected chi connectivity index (χ2v) is 4.53. The molecule has 10 nitrogen and oxygen atoms in total. The number of imidazole rings is 1. The maximum Gasteiger partial charge on any atom is 1.00 e. The van der Waals surface area contributed by atoms with E-state index in [2.05, 4.69) is 15.3 Å². The van der Waals surface area contributed by atoms with E-state index in [1.54, 1.807) is 6.92 Å². The smallest absolute Gasteiger partial charge is 0.476 e. The Kier molecular flexibility index (Phi) is 7.01. The first-order valence-electron chi connectivity index (χ1n) is 6.55. The molecule has 0 unspecified atom stereocenters. The number of hydrogen-bond acceptors (Lipinski definition) is 6. The number of carboxylic acid groups (broad SMARTS) is 1. The van der Waals surface area contributed by atoms with Crippen LogP contribution in [-0.4, -0.2) is 43.0 Å². The number of nitrogens with one attached hydrogen (secondary N) is 1. The van der Waals surface area contributed by atoms with Crippen LogP contribution < -0.4 is 34.9 Å². The summed E-state index contributed by atoms with van der Waals surface area (Å²) in [6.45, 7) is 1.82. The Balaban J connectivity index is 0.00000288. The van der Waals surface area contributed by atoms with Crippen molar-refractivity contribution in [2.75, 3.05) is 6.54 Å². The molecule has 0 aliphatic rings. The van der Waals surface area contributed by atoms with Gasteiger partial charge in [-0.1, -0.05) is 0 Å². The number of nitro groups is 1. The van der Waals surface area contributed by atoms with Crippen LogP contribution >= 0.6 is 0 Å². The number of nitrogens with zero attached hydrogens (tertiary/aromatic N) is 4. The number of aromatic carboxylic acids is 1. The van der Waals surface area contributed by atoms with E-state index in [4.69, 9.17) is 5.11 Å². The van der Waals surface area contributed by atoms with Crippen molar-refractivity contribution >= 4 is 17.7 Å². The molecule has 2 heterocycles. The zero-order valence-electron chi connectivity index (χ0n) is 13.1. The summed E-state index contributed by atoms with van der Waals surface area (Å²) in [6, 6.07) is 2.79. The van der Waals surface area contributed by atoms with E-state index in [9.17, 15) is 19.7 Å². The third-order valence-corrected chi connectivity index (χ3v) is 3.10. The zero-order valence-corrected chi connectivity index (χ0v) is 15.1. The van der Waals surface area contributed by atoms with Gasteiger partial charge < -0.3 is 20.5 Å². The van der Waals surface area contributed by atoms with Crippen LogP contribution in [0.1, 0.15) is 26.7 Å². The molecule has 0 aliphatic heterocycles. The van der Waals surface area contributed by atoms with E-state index in [1.807, 2.05) is 0 Å². The fourth-order valence-electron chi connectivity index (χ4n) is 2.01. The molecule has 0 atom stereocenters. The monoisotopic (exact) mass is 342 g/mol. The van der Waals surface area contributed by atoms with Crippen LogP contribution in [0.4, 0.5) is 5.82 Å². The van der Waals surface area contributed by atoms with E-state index < -0.39 is 16.8 Å². The van der Waals surface area contributed by atoms with Gasteiger partial charge in [0.15, 0.2) is 11.5 Å². The van der Waals surface area contributed by atoms with Gasteiger partial charge in [-0.25, -0.2) is 19.3 Å². The third kappa shape index (κ3) is 4.37. The molecule has 120 valence electrons. The van der Waals surface area contributed by atoms with Crippen LogP contribution in [0.25, 0.3) is 0 Å². The number of carboxylic acids is 1. The molecule has 0 fully saturated rings.